The lowest BCUT2D eigenvalue weighted by Gasteiger charge is -2.43. The lowest BCUT2D eigenvalue weighted by Crippen LogP contribution is -2.52. The number of hydrogen-bond acceptors (Lipinski definition) is 6. The van der Waals surface area contributed by atoms with Crippen LogP contribution >= 0.6 is 11.6 Å². The lowest BCUT2D eigenvalue weighted by molar-refractivity contribution is 0.0694. The van der Waals surface area contributed by atoms with E-state index in [2.05, 4.69) is 0 Å². The zero-order chi connectivity index (χ0) is 28.3. The fourth-order valence-electron chi connectivity index (χ4n) is 5.27. The van der Waals surface area contributed by atoms with Gasteiger partial charge in [-0.25, -0.2) is 17.1 Å². The molecule has 10 heteroatoms. The van der Waals surface area contributed by atoms with Crippen LogP contribution in [0.3, 0.4) is 0 Å². The Morgan fingerprint density at radius 2 is 1.44 bits per heavy atom. The summed E-state index contributed by atoms with van der Waals surface area (Å²) in [7, 11) is -3.91. The Morgan fingerprint density at radius 1 is 0.923 bits per heavy atom. The molecule has 3 aromatic rings. The number of carbonyl (C=O) groups is 2. The van der Waals surface area contributed by atoms with E-state index in [0.29, 0.717) is 5.56 Å². The minimum atomic E-state index is -3.91. The summed E-state index contributed by atoms with van der Waals surface area (Å²) < 4.78 is 42.6. The van der Waals surface area contributed by atoms with Crippen LogP contribution in [0.4, 0.5) is 4.39 Å². The molecule has 0 radical (unpaired) electrons. The van der Waals surface area contributed by atoms with Gasteiger partial charge in [0.25, 0.3) is 0 Å². The van der Waals surface area contributed by atoms with Gasteiger partial charge < -0.3 is 10.2 Å². The highest BCUT2D eigenvalue weighted by atomic mass is 35.5. The van der Waals surface area contributed by atoms with Crippen LogP contribution in [0.15, 0.2) is 66.7 Å². The third-order valence-electron chi connectivity index (χ3n) is 7.20. The van der Waals surface area contributed by atoms with Crippen LogP contribution in [-0.2, 0) is 10.0 Å². The number of phenols is 2. The summed E-state index contributed by atoms with van der Waals surface area (Å²) in [5.41, 5.74) is 0.957. The number of nitrogens with zero attached hydrogens (tertiary/aromatic N) is 1. The van der Waals surface area contributed by atoms with Crippen LogP contribution in [0.5, 0.6) is 11.5 Å². The van der Waals surface area contributed by atoms with E-state index in [0.717, 1.165) is 4.31 Å². The fourth-order valence-corrected chi connectivity index (χ4v) is 7.11. The molecule has 0 bridgehead atoms. The highest BCUT2D eigenvalue weighted by molar-refractivity contribution is 7.89. The van der Waals surface area contributed by atoms with Gasteiger partial charge in [-0.05, 0) is 54.8 Å². The lowest BCUT2D eigenvalue weighted by atomic mass is 9.68. The maximum absolute atomic E-state index is 14.8. The van der Waals surface area contributed by atoms with Gasteiger partial charge in [-0.15, -0.1) is 11.6 Å². The molecule has 0 unspecified atom stereocenters. The van der Waals surface area contributed by atoms with Gasteiger partial charge in [-0.3, -0.25) is 9.59 Å². The zero-order valence-electron chi connectivity index (χ0n) is 21.3. The van der Waals surface area contributed by atoms with Gasteiger partial charge in [0.2, 0.25) is 10.0 Å². The molecule has 4 rings (SSSR count). The van der Waals surface area contributed by atoms with Gasteiger partial charge in [0, 0.05) is 47.9 Å². The number of sulfonamides is 1. The van der Waals surface area contributed by atoms with Crippen molar-refractivity contribution in [2.45, 2.75) is 19.3 Å². The molecule has 206 valence electrons. The molecule has 0 saturated carbocycles. The Labute approximate surface area is 231 Å². The molecular weight excluding hydrogens is 545 g/mol. The minimum Gasteiger partial charge on any atom is -0.508 e. The zero-order valence-corrected chi connectivity index (χ0v) is 22.8. The van der Waals surface area contributed by atoms with Gasteiger partial charge in [0.15, 0.2) is 11.6 Å². The summed E-state index contributed by atoms with van der Waals surface area (Å²) in [6.07, 6.45) is 0.184. The molecule has 0 spiro atoms. The monoisotopic (exact) mass is 573 g/mol. The minimum absolute atomic E-state index is 0.121. The molecule has 0 aliphatic carbocycles. The van der Waals surface area contributed by atoms with Crippen LogP contribution in [-0.4, -0.2) is 59.2 Å². The van der Waals surface area contributed by atoms with Gasteiger partial charge in [-0.2, -0.15) is 0 Å². The molecule has 0 amide bonds. The molecule has 39 heavy (non-hydrogen) atoms. The van der Waals surface area contributed by atoms with Gasteiger partial charge in [0.1, 0.15) is 17.3 Å². The summed E-state index contributed by atoms with van der Waals surface area (Å²) in [5, 5.41) is 20.0. The maximum Gasteiger partial charge on any atom is 0.214 e. The molecule has 7 nitrogen and oxygen atoms in total. The van der Waals surface area contributed by atoms with Gasteiger partial charge in [0.05, 0.1) is 5.75 Å². The van der Waals surface area contributed by atoms with Crippen molar-refractivity contribution in [2.75, 3.05) is 24.7 Å². The number of halogens is 2. The summed E-state index contributed by atoms with van der Waals surface area (Å²) in [4.78, 5) is 28.0. The normalized spacial score (nSPS) is 18.6. The Hall–Kier alpha value is -3.27. The van der Waals surface area contributed by atoms with E-state index < -0.39 is 45.2 Å². The van der Waals surface area contributed by atoms with Crippen LogP contribution in [0.2, 0.25) is 0 Å². The van der Waals surface area contributed by atoms with E-state index in [4.69, 9.17) is 11.6 Å². The van der Waals surface area contributed by atoms with Crippen molar-refractivity contribution in [2.24, 2.45) is 11.8 Å². The van der Waals surface area contributed by atoms with Crippen molar-refractivity contribution < 1.29 is 32.6 Å². The fraction of sp³-hybridized carbons (Fsp3) is 0.310. The van der Waals surface area contributed by atoms with Crippen molar-refractivity contribution >= 4 is 33.2 Å². The van der Waals surface area contributed by atoms with Gasteiger partial charge >= 0.3 is 0 Å². The average molecular weight is 574 g/mol. The van der Waals surface area contributed by atoms with Crippen molar-refractivity contribution in [1.29, 1.82) is 0 Å². The molecular formula is C29H29ClFNO6S. The van der Waals surface area contributed by atoms with Crippen molar-refractivity contribution in [3.8, 4) is 11.5 Å². The molecule has 0 aromatic heterocycles. The van der Waals surface area contributed by atoms with E-state index >= 15 is 0 Å². The number of hydrogen-bond donors (Lipinski definition) is 2. The maximum atomic E-state index is 14.8. The van der Waals surface area contributed by atoms with Crippen LogP contribution in [0.25, 0.3) is 0 Å². The number of rotatable bonds is 9. The number of piperidine rings is 1. The van der Waals surface area contributed by atoms with Crippen LogP contribution < -0.4 is 0 Å². The number of Topliss-reactive ketones (excluding diaryl/α,β-unsaturated/α-hetero) is 2. The summed E-state index contributed by atoms with van der Waals surface area (Å²) >= 11 is 5.76. The molecule has 2 N–H and O–H groups in total. The standard InChI is InChI=1S/C29H29ClFNO6S/c1-18-23(10-4-11-26(18)31)27-24(28(35)19-6-2-8-21(33)14-19)16-32(39(37,38)13-5-12-30)17-25(27)29(36)20-7-3-9-22(34)15-20/h2-4,6-11,14-15,24-25,27,33-34H,5,12-13,16-17H2,1H3/t24-,25-/m0/s1. The first-order valence-corrected chi connectivity index (χ1v) is 14.6. The van der Waals surface area contributed by atoms with Crippen molar-refractivity contribution in [1.82, 2.24) is 4.31 Å². The Kier molecular flexibility index (Phi) is 8.73. The highest BCUT2D eigenvalue weighted by Gasteiger charge is 2.48. The predicted molar refractivity (Wildman–Crippen MR) is 146 cm³/mol. The van der Waals surface area contributed by atoms with E-state index in [9.17, 15) is 32.6 Å². The first-order chi connectivity index (χ1) is 18.5. The number of benzene rings is 3. The Bertz CT molecular complexity index is 1430. The van der Waals surface area contributed by atoms with E-state index in [1.54, 1.807) is 13.0 Å². The smallest absolute Gasteiger partial charge is 0.214 e. The molecule has 3 aromatic carbocycles. The second-order valence-corrected chi connectivity index (χ2v) is 12.2. The summed E-state index contributed by atoms with van der Waals surface area (Å²) in [6, 6.07) is 15.8. The summed E-state index contributed by atoms with van der Waals surface area (Å²) in [5.74, 6) is -4.94. The molecule has 1 saturated heterocycles. The number of carbonyl (C=O) groups excluding carboxylic acids is 2. The molecule has 2 atom stereocenters. The predicted octanol–water partition coefficient (Wildman–Crippen LogP) is 4.90. The second-order valence-electron chi connectivity index (χ2n) is 9.70. The highest BCUT2D eigenvalue weighted by Crippen LogP contribution is 2.43. The Morgan fingerprint density at radius 3 is 1.92 bits per heavy atom. The largest absolute Gasteiger partial charge is 0.508 e. The molecule has 1 aliphatic rings. The number of phenolic OH excluding ortho intramolecular Hbond substituents is 2. The first kappa shape index (κ1) is 28.7. The molecule has 1 aliphatic heterocycles. The summed E-state index contributed by atoms with van der Waals surface area (Å²) in [6.45, 7) is 1.09. The van der Waals surface area contributed by atoms with Crippen LogP contribution in [0.1, 0.15) is 44.2 Å². The van der Waals surface area contributed by atoms with E-state index in [-0.39, 0.29) is 59.3 Å². The second kappa shape index (κ2) is 11.9. The Balaban J connectivity index is 1.91. The quantitative estimate of drug-likeness (QED) is 0.278. The van der Waals surface area contributed by atoms with E-state index in [1.807, 2.05) is 0 Å². The SMILES string of the molecule is Cc1c(F)cccc1C1[C@@H](C(=O)c2cccc(O)c2)CN(S(=O)(=O)CCCCl)C[C@@H]1C(=O)c1cccc(O)c1. The molecule has 1 fully saturated rings. The first-order valence-electron chi connectivity index (χ1n) is 12.5. The van der Waals surface area contributed by atoms with Crippen LogP contribution in [0, 0.1) is 24.6 Å². The third kappa shape index (κ3) is 6.16. The van der Waals surface area contributed by atoms with Crippen molar-refractivity contribution in [3.63, 3.8) is 0 Å². The van der Waals surface area contributed by atoms with Gasteiger partial charge in [-0.1, -0.05) is 36.4 Å². The van der Waals surface area contributed by atoms with E-state index in [1.165, 1.54) is 60.7 Å². The molecule has 1 heterocycles. The average Bonchev–Trinajstić information content (AvgIpc) is 2.92. The third-order valence-corrected chi connectivity index (χ3v) is 9.36. The van der Waals surface area contributed by atoms with Crippen molar-refractivity contribution in [3.05, 3.63) is 94.8 Å². The number of aromatic hydroxyl groups is 2. The number of ketones is 2. The number of alkyl halides is 1. The topological polar surface area (TPSA) is 112 Å².